The van der Waals surface area contributed by atoms with E-state index in [4.69, 9.17) is 5.26 Å². The molecule has 2 aromatic rings. The highest BCUT2D eigenvalue weighted by molar-refractivity contribution is 7.92. The lowest BCUT2D eigenvalue weighted by molar-refractivity contribution is 0.0752. The Morgan fingerprint density at radius 2 is 1.79 bits per heavy atom. The van der Waals surface area contributed by atoms with E-state index in [2.05, 4.69) is 10.8 Å². The Bertz CT molecular complexity index is 993. The van der Waals surface area contributed by atoms with Crippen molar-refractivity contribution in [3.63, 3.8) is 0 Å². The number of hydrogen-bond acceptors (Lipinski definition) is 4. The molecule has 1 unspecified atom stereocenters. The van der Waals surface area contributed by atoms with E-state index < -0.39 is 10.0 Å². The van der Waals surface area contributed by atoms with Crippen LogP contribution in [0.4, 0.5) is 5.69 Å². The fourth-order valence-electron chi connectivity index (χ4n) is 2.71. The first kappa shape index (κ1) is 21.5. The van der Waals surface area contributed by atoms with Gasteiger partial charge in [-0.1, -0.05) is 6.07 Å². The number of carbonyl (C=O) groups is 1. The molecule has 2 aromatic carbocycles. The molecule has 1 atom stereocenters. The second kappa shape index (κ2) is 8.89. The minimum Gasteiger partial charge on any atom is -0.338 e. The van der Waals surface area contributed by atoms with Gasteiger partial charge in [0.15, 0.2) is 0 Å². The second-order valence-electron chi connectivity index (χ2n) is 6.80. The zero-order valence-corrected chi connectivity index (χ0v) is 17.4. The minimum atomic E-state index is -3.75. The van der Waals surface area contributed by atoms with Gasteiger partial charge in [0.2, 0.25) is 0 Å². The number of carbonyl (C=O) groups excluding carboxylic acids is 1. The van der Waals surface area contributed by atoms with Gasteiger partial charge in [-0.2, -0.15) is 5.26 Å². The van der Waals surface area contributed by atoms with E-state index in [9.17, 15) is 13.2 Å². The highest BCUT2D eigenvalue weighted by Gasteiger charge is 2.19. The summed E-state index contributed by atoms with van der Waals surface area (Å²) in [6.07, 6.45) is 0. The highest BCUT2D eigenvalue weighted by Crippen LogP contribution is 2.20. The maximum Gasteiger partial charge on any atom is 0.261 e. The van der Waals surface area contributed by atoms with Gasteiger partial charge in [0, 0.05) is 24.3 Å². The molecule has 0 spiro atoms. The van der Waals surface area contributed by atoms with Gasteiger partial charge in [-0.25, -0.2) is 8.42 Å². The van der Waals surface area contributed by atoms with Gasteiger partial charge in [0.05, 0.1) is 16.9 Å². The first-order valence-electron chi connectivity index (χ1n) is 9.07. The number of hydrogen-bond donors (Lipinski definition) is 1. The Morgan fingerprint density at radius 3 is 2.32 bits per heavy atom. The van der Waals surface area contributed by atoms with Gasteiger partial charge in [0.1, 0.15) is 0 Å². The van der Waals surface area contributed by atoms with Crippen LogP contribution in [0.3, 0.4) is 0 Å². The summed E-state index contributed by atoms with van der Waals surface area (Å²) in [5, 5.41) is 8.95. The van der Waals surface area contributed by atoms with Gasteiger partial charge in [-0.15, -0.1) is 0 Å². The Balaban J connectivity index is 2.19. The number of amides is 1. The third-order valence-electron chi connectivity index (χ3n) is 4.55. The SMILES string of the molecule is CCN(CC(C)C#N)C(=O)c1ccc(S(=O)(=O)Nc2ccc(C)c(C)c2)cc1. The maximum atomic E-state index is 12.6. The van der Waals surface area contributed by atoms with Crippen molar-refractivity contribution in [1.29, 1.82) is 5.26 Å². The lowest BCUT2D eigenvalue weighted by atomic mass is 10.1. The topological polar surface area (TPSA) is 90.3 Å². The lowest BCUT2D eigenvalue weighted by Crippen LogP contribution is -2.34. The fourth-order valence-corrected chi connectivity index (χ4v) is 3.75. The van der Waals surface area contributed by atoms with E-state index in [0.717, 1.165) is 11.1 Å². The Labute approximate surface area is 166 Å². The van der Waals surface area contributed by atoms with Crippen molar-refractivity contribution in [2.45, 2.75) is 32.6 Å². The average Bonchev–Trinajstić information content (AvgIpc) is 2.68. The summed E-state index contributed by atoms with van der Waals surface area (Å²) in [4.78, 5) is 14.3. The normalized spacial score (nSPS) is 12.1. The summed E-state index contributed by atoms with van der Waals surface area (Å²) >= 11 is 0. The largest absolute Gasteiger partial charge is 0.338 e. The Hall–Kier alpha value is -2.85. The molecule has 0 aromatic heterocycles. The number of anilines is 1. The molecule has 0 fully saturated rings. The molecule has 6 nitrogen and oxygen atoms in total. The standard InChI is InChI=1S/C21H25N3O3S/c1-5-24(14-15(2)13-22)21(25)18-7-10-20(11-8-18)28(26,27)23-19-9-6-16(3)17(4)12-19/h6-12,15,23H,5,14H2,1-4H3. The smallest absolute Gasteiger partial charge is 0.261 e. The van der Waals surface area contributed by atoms with Crippen LogP contribution in [0, 0.1) is 31.1 Å². The van der Waals surface area contributed by atoms with Crippen molar-refractivity contribution in [3.05, 3.63) is 59.2 Å². The van der Waals surface area contributed by atoms with Crippen molar-refractivity contribution in [1.82, 2.24) is 4.90 Å². The molecule has 0 aliphatic rings. The Kier molecular flexibility index (Phi) is 6.81. The summed E-state index contributed by atoms with van der Waals surface area (Å²) in [5.74, 6) is -0.499. The number of rotatable bonds is 7. The van der Waals surface area contributed by atoms with Crippen LogP contribution in [0.5, 0.6) is 0 Å². The van der Waals surface area contributed by atoms with Crippen molar-refractivity contribution in [3.8, 4) is 6.07 Å². The van der Waals surface area contributed by atoms with Crippen molar-refractivity contribution in [2.75, 3.05) is 17.8 Å². The van der Waals surface area contributed by atoms with Crippen LogP contribution in [0.25, 0.3) is 0 Å². The maximum absolute atomic E-state index is 12.6. The third kappa shape index (κ3) is 5.11. The second-order valence-corrected chi connectivity index (χ2v) is 8.49. The molecule has 0 aliphatic heterocycles. The average molecular weight is 400 g/mol. The predicted octanol–water partition coefficient (Wildman–Crippen LogP) is 3.73. The van der Waals surface area contributed by atoms with Gasteiger partial charge in [0.25, 0.3) is 15.9 Å². The number of benzene rings is 2. The number of nitrogens with zero attached hydrogens (tertiary/aromatic N) is 2. The molecule has 28 heavy (non-hydrogen) atoms. The molecule has 0 aliphatic carbocycles. The quantitative estimate of drug-likeness (QED) is 0.768. The summed E-state index contributed by atoms with van der Waals surface area (Å²) in [7, 11) is -3.75. The lowest BCUT2D eigenvalue weighted by Gasteiger charge is -2.22. The fraction of sp³-hybridized carbons (Fsp3) is 0.333. The monoisotopic (exact) mass is 399 g/mol. The van der Waals surface area contributed by atoms with Gasteiger partial charge < -0.3 is 4.90 Å². The molecular weight excluding hydrogens is 374 g/mol. The number of aryl methyl sites for hydroxylation is 2. The molecular formula is C21H25N3O3S. The summed E-state index contributed by atoms with van der Waals surface area (Å²) in [5.41, 5.74) is 2.95. The van der Waals surface area contributed by atoms with E-state index in [0.29, 0.717) is 24.3 Å². The van der Waals surface area contributed by atoms with Crippen LogP contribution in [0.15, 0.2) is 47.4 Å². The van der Waals surface area contributed by atoms with E-state index in [1.54, 1.807) is 24.0 Å². The molecule has 148 valence electrons. The first-order chi connectivity index (χ1) is 13.2. The number of sulfonamides is 1. The van der Waals surface area contributed by atoms with Crippen LogP contribution in [-0.2, 0) is 10.0 Å². The zero-order valence-electron chi connectivity index (χ0n) is 16.6. The van der Waals surface area contributed by atoms with Crippen LogP contribution >= 0.6 is 0 Å². The zero-order chi connectivity index (χ0) is 20.9. The highest BCUT2D eigenvalue weighted by atomic mass is 32.2. The van der Waals surface area contributed by atoms with E-state index in [1.165, 1.54) is 24.3 Å². The molecule has 1 N–H and O–H groups in total. The number of nitriles is 1. The molecule has 0 heterocycles. The van der Waals surface area contributed by atoms with Crippen LogP contribution in [0.1, 0.15) is 35.3 Å². The molecule has 0 bridgehead atoms. The summed E-state index contributed by atoms with van der Waals surface area (Å²) in [6, 6.07) is 13.3. The number of nitrogens with one attached hydrogen (secondary N) is 1. The minimum absolute atomic E-state index is 0.0794. The van der Waals surface area contributed by atoms with Gasteiger partial charge >= 0.3 is 0 Å². The molecule has 0 saturated carbocycles. The van der Waals surface area contributed by atoms with Crippen molar-refractivity contribution < 1.29 is 13.2 Å². The first-order valence-corrected chi connectivity index (χ1v) is 10.5. The van der Waals surface area contributed by atoms with Crippen molar-refractivity contribution in [2.24, 2.45) is 5.92 Å². The molecule has 0 radical (unpaired) electrons. The van der Waals surface area contributed by atoms with Crippen LogP contribution in [0.2, 0.25) is 0 Å². The summed E-state index contributed by atoms with van der Waals surface area (Å²) < 4.78 is 27.8. The molecule has 1 amide bonds. The molecule has 7 heteroatoms. The summed E-state index contributed by atoms with van der Waals surface area (Å²) in [6.45, 7) is 8.28. The third-order valence-corrected chi connectivity index (χ3v) is 5.95. The van der Waals surface area contributed by atoms with Crippen LogP contribution in [-0.4, -0.2) is 32.3 Å². The molecule has 0 saturated heterocycles. The predicted molar refractivity (Wildman–Crippen MR) is 110 cm³/mol. The Morgan fingerprint density at radius 1 is 1.14 bits per heavy atom. The molecule has 2 rings (SSSR count). The van der Waals surface area contributed by atoms with E-state index in [1.807, 2.05) is 26.8 Å². The van der Waals surface area contributed by atoms with Gasteiger partial charge in [-0.05, 0) is 75.2 Å². The van der Waals surface area contributed by atoms with Crippen molar-refractivity contribution >= 4 is 21.6 Å². The van der Waals surface area contributed by atoms with Gasteiger partial charge in [-0.3, -0.25) is 9.52 Å². The van der Waals surface area contributed by atoms with E-state index in [-0.39, 0.29) is 16.7 Å². The van der Waals surface area contributed by atoms with E-state index >= 15 is 0 Å². The van der Waals surface area contributed by atoms with Crippen LogP contribution < -0.4 is 4.72 Å².